The fourth-order valence-electron chi connectivity index (χ4n) is 3.38. The van der Waals surface area contributed by atoms with Gasteiger partial charge < -0.3 is 14.8 Å². The number of amides is 4. The number of nitrogens with zero attached hydrogens (tertiary/aromatic N) is 1. The van der Waals surface area contributed by atoms with Crippen LogP contribution in [0, 0.1) is 0 Å². The lowest BCUT2D eigenvalue weighted by molar-refractivity contribution is -0.140. The standard InChI is InChI=1S/C18H20BrN3O6/c1-27-13-6-5-11(9-12(13)19)15(24)28-10-14(23)21-22-16(25)18(20-17(22)26)7-3-2-4-8-18/h5-6,9H,2-4,7-8,10H2,1H3,(H,20,26)(H,21,23). The summed E-state index contributed by atoms with van der Waals surface area (Å²) in [7, 11) is 1.50. The SMILES string of the molecule is COc1ccc(C(=O)OCC(=O)NN2C(=O)NC3(CCCCC3)C2=O)cc1Br. The highest BCUT2D eigenvalue weighted by molar-refractivity contribution is 9.10. The maximum Gasteiger partial charge on any atom is 0.344 e. The second-order valence-corrected chi connectivity index (χ2v) is 7.53. The van der Waals surface area contributed by atoms with Crippen LogP contribution in [-0.2, 0) is 14.3 Å². The molecule has 1 aliphatic carbocycles. The highest BCUT2D eigenvalue weighted by Gasteiger charge is 2.52. The van der Waals surface area contributed by atoms with Crippen molar-refractivity contribution in [2.24, 2.45) is 0 Å². The summed E-state index contributed by atoms with van der Waals surface area (Å²) < 4.78 is 10.6. The van der Waals surface area contributed by atoms with Gasteiger partial charge in [-0.15, -0.1) is 0 Å². The molecule has 2 N–H and O–H groups in total. The van der Waals surface area contributed by atoms with Crippen LogP contribution in [0.1, 0.15) is 42.5 Å². The molecule has 1 heterocycles. The van der Waals surface area contributed by atoms with Crippen LogP contribution >= 0.6 is 15.9 Å². The summed E-state index contributed by atoms with van der Waals surface area (Å²) in [6.07, 6.45) is 3.77. The van der Waals surface area contributed by atoms with Crippen molar-refractivity contribution in [1.29, 1.82) is 0 Å². The Balaban J connectivity index is 1.55. The normalized spacial score (nSPS) is 18.0. The van der Waals surface area contributed by atoms with Crippen LogP contribution in [-0.4, -0.2) is 48.1 Å². The molecule has 4 amide bonds. The van der Waals surface area contributed by atoms with Gasteiger partial charge in [0.15, 0.2) is 6.61 Å². The third-order valence-electron chi connectivity index (χ3n) is 4.83. The number of carbonyl (C=O) groups excluding carboxylic acids is 4. The predicted octanol–water partition coefficient (Wildman–Crippen LogP) is 1.90. The first-order valence-corrected chi connectivity index (χ1v) is 9.62. The molecule has 1 aromatic carbocycles. The zero-order chi connectivity index (χ0) is 20.3. The Morgan fingerprint density at radius 1 is 1.25 bits per heavy atom. The van der Waals surface area contributed by atoms with Gasteiger partial charge in [-0.1, -0.05) is 19.3 Å². The number of hydrazine groups is 1. The number of esters is 1. The molecule has 9 nitrogen and oxygen atoms in total. The summed E-state index contributed by atoms with van der Waals surface area (Å²) in [5.74, 6) is -1.43. The quantitative estimate of drug-likeness (QED) is 0.519. The highest BCUT2D eigenvalue weighted by Crippen LogP contribution is 2.33. The van der Waals surface area contributed by atoms with Crippen LogP contribution in [0.2, 0.25) is 0 Å². The van der Waals surface area contributed by atoms with Gasteiger partial charge in [0, 0.05) is 0 Å². The molecular formula is C18H20BrN3O6. The van der Waals surface area contributed by atoms with Crippen molar-refractivity contribution in [3.63, 3.8) is 0 Å². The zero-order valence-electron chi connectivity index (χ0n) is 15.2. The number of nitrogens with one attached hydrogen (secondary N) is 2. The minimum Gasteiger partial charge on any atom is -0.496 e. The van der Waals surface area contributed by atoms with E-state index in [0.29, 0.717) is 28.1 Å². The molecule has 1 aliphatic heterocycles. The molecule has 3 rings (SSSR count). The number of halogens is 1. The topological polar surface area (TPSA) is 114 Å². The molecule has 2 fully saturated rings. The molecule has 2 aliphatic rings. The number of methoxy groups -OCH3 is 1. The van der Waals surface area contributed by atoms with E-state index in [2.05, 4.69) is 26.7 Å². The predicted molar refractivity (Wildman–Crippen MR) is 100 cm³/mol. The van der Waals surface area contributed by atoms with Crippen molar-refractivity contribution in [1.82, 2.24) is 15.8 Å². The van der Waals surface area contributed by atoms with Gasteiger partial charge in [-0.05, 0) is 47.0 Å². The average Bonchev–Trinajstić information content (AvgIpc) is 2.90. The molecule has 0 aromatic heterocycles. The number of hydrogen-bond acceptors (Lipinski definition) is 6. The van der Waals surface area contributed by atoms with Crippen LogP contribution in [0.3, 0.4) is 0 Å². The molecule has 28 heavy (non-hydrogen) atoms. The minimum atomic E-state index is -0.936. The van der Waals surface area contributed by atoms with Gasteiger partial charge in [-0.2, -0.15) is 5.01 Å². The maximum absolute atomic E-state index is 12.6. The third-order valence-corrected chi connectivity index (χ3v) is 5.45. The maximum atomic E-state index is 12.6. The van der Waals surface area contributed by atoms with Crippen LogP contribution in [0.4, 0.5) is 4.79 Å². The van der Waals surface area contributed by atoms with E-state index in [1.165, 1.54) is 19.2 Å². The van der Waals surface area contributed by atoms with Crippen molar-refractivity contribution >= 4 is 39.7 Å². The first kappa shape index (κ1) is 20.1. The fraction of sp³-hybridized carbons (Fsp3) is 0.444. The summed E-state index contributed by atoms with van der Waals surface area (Å²) in [5, 5.41) is 3.35. The molecule has 0 atom stereocenters. The fourth-order valence-corrected chi connectivity index (χ4v) is 3.92. The van der Waals surface area contributed by atoms with Gasteiger partial charge >= 0.3 is 12.0 Å². The summed E-state index contributed by atoms with van der Waals surface area (Å²) in [6.45, 7) is -0.632. The number of carbonyl (C=O) groups is 4. The largest absolute Gasteiger partial charge is 0.496 e. The van der Waals surface area contributed by atoms with Gasteiger partial charge in [0.05, 0.1) is 17.1 Å². The summed E-state index contributed by atoms with van der Waals surface area (Å²) in [6, 6.07) is 3.90. The van der Waals surface area contributed by atoms with Gasteiger partial charge in [-0.25, -0.2) is 9.59 Å². The number of benzene rings is 1. The zero-order valence-corrected chi connectivity index (χ0v) is 16.8. The number of urea groups is 1. The summed E-state index contributed by atoms with van der Waals surface area (Å²) in [4.78, 5) is 48.9. The lowest BCUT2D eigenvalue weighted by Crippen LogP contribution is -2.51. The Morgan fingerprint density at radius 2 is 1.96 bits per heavy atom. The Labute approximate surface area is 169 Å². The Hall–Kier alpha value is -2.62. The molecular weight excluding hydrogens is 434 g/mol. The average molecular weight is 454 g/mol. The number of imide groups is 1. The van der Waals surface area contributed by atoms with Crippen LogP contribution in [0.15, 0.2) is 22.7 Å². The molecule has 10 heteroatoms. The summed E-state index contributed by atoms with van der Waals surface area (Å²) in [5.41, 5.74) is 1.50. The van der Waals surface area contributed by atoms with Gasteiger partial charge in [0.25, 0.3) is 11.8 Å². The smallest absolute Gasteiger partial charge is 0.344 e. The van der Waals surface area contributed by atoms with Crippen LogP contribution < -0.4 is 15.5 Å². The van der Waals surface area contributed by atoms with E-state index in [9.17, 15) is 19.2 Å². The molecule has 0 radical (unpaired) electrons. The second-order valence-electron chi connectivity index (χ2n) is 6.67. The summed E-state index contributed by atoms with van der Waals surface area (Å²) >= 11 is 3.26. The van der Waals surface area contributed by atoms with Crippen molar-refractivity contribution in [3.05, 3.63) is 28.2 Å². The first-order chi connectivity index (χ1) is 13.4. The molecule has 1 spiro atoms. The highest BCUT2D eigenvalue weighted by atomic mass is 79.9. The van der Waals surface area contributed by atoms with E-state index in [0.717, 1.165) is 19.3 Å². The van der Waals surface area contributed by atoms with E-state index in [4.69, 9.17) is 9.47 Å². The molecule has 150 valence electrons. The van der Waals surface area contributed by atoms with Crippen LogP contribution in [0.25, 0.3) is 0 Å². The molecule has 0 bridgehead atoms. The third kappa shape index (κ3) is 3.96. The van der Waals surface area contributed by atoms with E-state index in [-0.39, 0.29) is 5.56 Å². The van der Waals surface area contributed by atoms with Crippen molar-refractivity contribution in [2.45, 2.75) is 37.6 Å². The number of hydrogen-bond donors (Lipinski definition) is 2. The van der Waals surface area contributed by atoms with Gasteiger partial charge in [0.1, 0.15) is 11.3 Å². The van der Waals surface area contributed by atoms with Crippen molar-refractivity contribution in [3.8, 4) is 5.75 Å². The second kappa shape index (κ2) is 8.17. The van der Waals surface area contributed by atoms with Crippen molar-refractivity contribution in [2.75, 3.05) is 13.7 Å². The number of rotatable bonds is 5. The number of ether oxygens (including phenoxy) is 2. The lowest BCUT2D eigenvalue weighted by atomic mass is 9.82. The molecule has 1 aromatic rings. The molecule has 1 saturated carbocycles. The van der Waals surface area contributed by atoms with Gasteiger partial charge in [0.2, 0.25) is 0 Å². The monoisotopic (exact) mass is 453 g/mol. The van der Waals surface area contributed by atoms with E-state index < -0.39 is 36.0 Å². The Morgan fingerprint density at radius 3 is 2.61 bits per heavy atom. The Bertz CT molecular complexity index is 822. The van der Waals surface area contributed by atoms with E-state index in [1.807, 2.05) is 0 Å². The molecule has 0 unspecified atom stereocenters. The van der Waals surface area contributed by atoms with E-state index >= 15 is 0 Å². The van der Waals surface area contributed by atoms with Crippen molar-refractivity contribution < 1.29 is 28.7 Å². The van der Waals surface area contributed by atoms with Crippen LogP contribution in [0.5, 0.6) is 5.75 Å². The lowest BCUT2D eigenvalue weighted by Gasteiger charge is -2.30. The first-order valence-electron chi connectivity index (χ1n) is 8.83. The Kier molecular flexibility index (Phi) is 5.87. The van der Waals surface area contributed by atoms with Gasteiger partial charge in [-0.3, -0.25) is 15.0 Å². The molecule has 1 saturated heterocycles. The minimum absolute atomic E-state index is 0.219. The van der Waals surface area contributed by atoms with E-state index in [1.54, 1.807) is 6.07 Å².